The van der Waals surface area contributed by atoms with Crippen molar-refractivity contribution >= 4 is 0 Å². The largest absolute Gasteiger partial charge is 0.320 e. The molecule has 1 N–H and O–H groups in total. The zero-order valence-corrected chi connectivity index (χ0v) is 15.1. The monoisotopic (exact) mass is 297 g/mol. The molecule has 126 valence electrons. The van der Waals surface area contributed by atoms with E-state index in [4.69, 9.17) is 0 Å². The number of nitrogens with zero attached hydrogens (tertiary/aromatic N) is 2. The number of unbranched alkanes of at least 4 members (excludes halogenated alkanes) is 2. The zero-order valence-electron chi connectivity index (χ0n) is 15.1. The number of hydrogen-bond donors (Lipinski definition) is 1. The van der Waals surface area contributed by atoms with Gasteiger partial charge in [0.25, 0.3) is 0 Å². The number of nitrogens with one attached hydrogen (secondary N) is 1. The van der Waals surface area contributed by atoms with Crippen LogP contribution < -0.4 is 5.32 Å². The van der Waals surface area contributed by atoms with Crippen LogP contribution in [0.15, 0.2) is 0 Å². The molecular formula is C18H39N3. The van der Waals surface area contributed by atoms with Gasteiger partial charge in [0.05, 0.1) is 0 Å². The molecule has 1 aliphatic heterocycles. The van der Waals surface area contributed by atoms with Crippen LogP contribution in [0.3, 0.4) is 0 Å². The Hall–Kier alpha value is -0.120. The molecule has 0 spiro atoms. The van der Waals surface area contributed by atoms with Gasteiger partial charge in [-0.2, -0.15) is 0 Å². The molecule has 0 bridgehead atoms. The smallest absolute Gasteiger partial charge is 0.0182 e. The molecule has 1 fully saturated rings. The number of piperazine rings is 1. The summed E-state index contributed by atoms with van der Waals surface area (Å²) >= 11 is 0. The summed E-state index contributed by atoms with van der Waals surface area (Å²) < 4.78 is 0. The fourth-order valence-corrected chi connectivity index (χ4v) is 3.73. The molecule has 0 aromatic heterocycles. The van der Waals surface area contributed by atoms with Crippen LogP contribution in [-0.2, 0) is 0 Å². The maximum atomic E-state index is 3.25. The zero-order chi connectivity index (χ0) is 15.6. The van der Waals surface area contributed by atoms with E-state index in [1.165, 1.54) is 77.7 Å². The van der Waals surface area contributed by atoms with Crippen LogP contribution in [0, 0.1) is 0 Å². The normalized spacial score (nSPS) is 20.6. The van der Waals surface area contributed by atoms with Gasteiger partial charge in [-0.1, -0.05) is 39.5 Å². The maximum Gasteiger partial charge on any atom is 0.0182 e. The second kappa shape index (κ2) is 10.6. The Bertz CT molecular complexity index is 249. The van der Waals surface area contributed by atoms with Gasteiger partial charge in [-0.05, 0) is 46.3 Å². The average molecular weight is 298 g/mol. The first-order chi connectivity index (χ1) is 10.2. The van der Waals surface area contributed by atoms with Crippen molar-refractivity contribution in [2.75, 3.05) is 46.3 Å². The highest BCUT2D eigenvalue weighted by Crippen LogP contribution is 2.29. The quantitative estimate of drug-likeness (QED) is 0.590. The third-order valence-corrected chi connectivity index (χ3v) is 5.14. The predicted molar refractivity (Wildman–Crippen MR) is 94.0 cm³/mol. The molecule has 1 aliphatic rings. The summed E-state index contributed by atoms with van der Waals surface area (Å²) in [6.45, 7) is 14.6. The minimum Gasteiger partial charge on any atom is -0.320 e. The van der Waals surface area contributed by atoms with Gasteiger partial charge < -0.3 is 10.2 Å². The summed E-state index contributed by atoms with van der Waals surface area (Å²) in [4.78, 5) is 5.44. The van der Waals surface area contributed by atoms with E-state index in [-0.39, 0.29) is 0 Å². The van der Waals surface area contributed by atoms with Gasteiger partial charge >= 0.3 is 0 Å². The first-order valence-electron chi connectivity index (χ1n) is 9.28. The molecule has 0 aliphatic carbocycles. The Morgan fingerprint density at radius 2 is 1.62 bits per heavy atom. The highest BCUT2D eigenvalue weighted by molar-refractivity contribution is 4.89. The number of rotatable bonds is 11. The molecule has 21 heavy (non-hydrogen) atoms. The molecule has 0 saturated carbocycles. The summed E-state index contributed by atoms with van der Waals surface area (Å²) in [5, 5.41) is 3.25. The van der Waals surface area contributed by atoms with Gasteiger partial charge in [0.15, 0.2) is 0 Å². The summed E-state index contributed by atoms with van der Waals surface area (Å²) in [6.07, 6.45) is 9.45. The fourth-order valence-electron chi connectivity index (χ4n) is 3.73. The highest BCUT2D eigenvalue weighted by Gasteiger charge is 2.32. The Kier molecular flexibility index (Phi) is 9.54. The number of hydrogen-bond acceptors (Lipinski definition) is 3. The van der Waals surface area contributed by atoms with Gasteiger partial charge in [-0.25, -0.2) is 0 Å². The second-order valence-electron chi connectivity index (χ2n) is 6.99. The topological polar surface area (TPSA) is 18.5 Å². The highest BCUT2D eigenvalue weighted by atomic mass is 15.3. The lowest BCUT2D eigenvalue weighted by atomic mass is 9.87. The molecule has 0 amide bonds. The average Bonchev–Trinajstić information content (AvgIpc) is 2.49. The van der Waals surface area contributed by atoms with E-state index in [0.717, 1.165) is 6.54 Å². The molecule has 3 nitrogen and oxygen atoms in total. The lowest BCUT2D eigenvalue weighted by Crippen LogP contribution is -2.56. The van der Waals surface area contributed by atoms with E-state index in [9.17, 15) is 0 Å². The summed E-state index contributed by atoms with van der Waals surface area (Å²) in [7, 11) is 2.05. The van der Waals surface area contributed by atoms with Crippen molar-refractivity contribution < 1.29 is 0 Å². The predicted octanol–water partition coefficient (Wildman–Crippen LogP) is 3.35. The third-order valence-electron chi connectivity index (χ3n) is 5.14. The molecule has 1 heterocycles. The molecule has 0 radical (unpaired) electrons. The second-order valence-corrected chi connectivity index (χ2v) is 6.99. The first-order valence-corrected chi connectivity index (χ1v) is 9.28. The van der Waals surface area contributed by atoms with Crippen molar-refractivity contribution in [1.82, 2.24) is 15.1 Å². The molecule has 0 aromatic carbocycles. The molecule has 3 heteroatoms. The Morgan fingerprint density at radius 1 is 0.905 bits per heavy atom. The fraction of sp³-hybridized carbons (Fsp3) is 1.00. The Labute approximate surface area is 133 Å². The molecule has 1 unspecified atom stereocenters. The first kappa shape index (κ1) is 18.9. The van der Waals surface area contributed by atoms with Gasteiger partial charge in [0, 0.05) is 31.7 Å². The van der Waals surface area contributed by atoms with Crippen molar-refractivity contribution in [3.63, 3.8) is 0 Å². The van der Waals surface area contributed by atoms with Crippen molar-refractivity contribution in [1.29, 1.82) is 0 Å². The van der Waals surface area contributed by atoms with Crippen LogP contribution >= 0.6 is 0 Å². The maximum absolute atomic E-state index is 3.25. The van der Waals surface area contributed by atoms with Gasteiger partial charge in [-0.15, -0.1) is 0 Å². The van der Waals surface area contributed by atoms with Crippen molar-refractivity contribution in [2.45, 2.75) is 71.3 Å². The molecule has 1 atom stereocenters. The Morgan fingerprint density at radius 3 is 2.19 bits per heavy atom. The molecule has 1 rings (SSSR count). The minimum absolute atomic E-state index is 0.445. The molecule has 0 aromatic rings. The lowest BCUT2D eigenvalue weighted by Gasteiger charge is -2.46. The van der Waals surface area contributed by atoms with E-state index in [2.05, 4.69) is 35.9 Å². The van der Waals surface area contributed by atoms with Crippen LogP contribution in [0.1, 0.15) is 65.7 Å². The van der Waals surface area contributed by atoms with Crippen LogP contribution in [0.5, 0.6) is 0 Å². The summed E-state index contributed by atoms with van der Waals surface area (Å²) in [5.41, 5.74) is 0.445. The van der Waals surface area contributed by atoms with E-state index >= 15 is 0 Å². The summed E-state index contributed by atoms with van der Waals surface area (Å²) in [5.74, 6) is 0. The van der Waals surface area contributed by atoms with E-state index in [1.807, 2.05) is 7.05 Å². The Balaban J connectivity index is 2.39. The van der Waals surface area contributed by atoms with E-state index in [0.29, 0.717) is 5.54 Å². The standard InChI is InChI=1S/C18H39N3/c1-5-7-8-11-18(3,10-6-2)21-16-14-20(15-17-21)13-9-12-19-4/h19H,5-17H2,1-4H3. The van der Waals surface area contributed by atoms with Gasteiger partial charge in [0.1, 0.15) is 0 Å². The third kappa shape index (κ3) is 6.66. The lowest BCUT2D eigenvalue weighted by molar-refractivity contribution is 0.0289. The van der Waals surface area contributed by atoms with Crippen molar-refractivity contribution in [3.05, 3.63) is 0 Å². The van der Waals surface area contributed by atoms with Gasteiger partial charge in [0.2, 0.25) is 0 Å². The minimum atomic E-state index is 0.445. The van der Waals surface area contributed by atoms with Gasteiger partial charge in [-0.3, -0.25) is 4.90 Å². The van der Waals surface area contributed by atoms with Crippen LogP contribution in [0.2, 0.25) is 0 Å². The molecular weight excluding hydrogens is 258 g/mol. The van der Waals surface area contributed by atoms with E-state index < -0.39 is 0 Å². The van der Waals surface area contributed by atoms with Crippen LogP contribution in [-0.4, -0.2) is 61.7 Å². The van der Waals surface area contributed by atoms with Crippen molar-refractivity contribution in [3.8, 4) is 0 Å². The molecule has 1 saturated heterocycles. The van der Waals surface area contributed by atoms with E-state index in [1.54, 1.807) is 0 Å². The van der Waals surface area contributed by atoms with Crippen LogP contribution in [0.25, 0.3) is 0 Å². The summed E-state index contributed by atoms with van der Waals surface area (Å²) in [6, 6.07) is 0. The SMILES string of the molecule is CCCCCC(C)(CCC)N1CCN(CCCNC)CC1. The van der Waals surface area contributed by atoms with Crippen molar-refractivity contribution in [2.24, 2.45) is 0 Å². The van der Waals surface area contributed by atoms with Crippen LogP contribution in [0.4, 0.5) is 0 Å².